The van der Waals surface area contributed by atoms with E-state index in [0.29, 0.717) is 30.4 Å². The quantitative estimate of drug-likeness (QED) is 0.508. The average Bonchev–Trinajstić information content (AvgIpc) is 2.68. The van der Waals surface area contributed by atoms with Gasteiger partial charge in [-0.2, -0.15) is 0 Å². The SMILES string of the molecule is CCCOc1ccc(/C=C/C(=O)NCCOc2cccc(F)c2)cc1OC. The van der Waals surface area contributed by atoms with Gasteiger partial charge in [-0.25, -0.2) is 4.39 Å². The van der Waals surface area contributed by atoms with E-state index in [9.17, 15) is 9.18 Å². The monoisotopic (exact) mass is 373 g/mol. The first-order chi connectivity index (χ1) is 13.1. The molecule has 0 aliphatic carbocycles. The van der Waals surface area contributed by atoms with Crippen LogP contribution in [0, 0.1) is 5.82 Å². The number of carbonyl (C=O) groups excluding carboxylic acids is 1. The smallest absolute Gasteiger partial charge is 0.244 e. The lowest BCUT2D eigenvalue weighted by atomic mass is 10.2. The normalized spacial score (nSPS) is 10.6. The Balaban J connectivity index is 1.80. The van der Waals surface area contributed by atoms with Crippen LogP contribution in [-0.2, 0) is 4.79 Å². The number of nitrogens with one attached hydrogen (secondary N) is 1. The van der Waals surface area contributed by atoms with Crippen LogP contribution in [0.5, 0.6) is 17.2 Å². The van der Waals surface area contributed by atoms with E-state index in [1.165, 1.54) is 18.2 Å². The van der Waals surface area contributed by atoms with E-state index >= 15 is 0 Å². The maximum Gasteiger partial charge on any atom is 0.244 e. The minimum Gasteiger partial charge on any atom is -0.493 e. The van der Waals surface area contributed by atoms with Crippen LogP contribution in [0.15, 0.2) is 48.5 Å². The topological polar surface area (TPSA) is 56.8 Å². The highest BCUT2D eigenvalue weighted by molar-refractivity contribution is 5.91. The number of amides is 1. The highest BCUT2D eigenvalue weighted by Gasteiger charge is 2.04. The molecule has 2 aromatic carbocycles. The minimum atomic E-state index is -0.360. The molecular formula is C21H24FNO4. The summed E-state index contributed by atoms with van der Waals surface area (Å²) in [4.78, 5) is 11.9. The molecule has 144 valence electrons. The zero-order valence-electron chi connectivity index (χ0n) is 15.5. The van der Waals surface area contributed by atoms with Crippen molar-refractivity contribution in [3.8, 4) is 17.2 Å². The Kier molecular flexibility index (Phi) is 8.16. The molecule has 0 aliphatic rings. The molecule has 0 aromatic heterocycles. The summed E-state index contributed by atoms with van der Waals surface area (Å²) in [5.74, 6) is 1.12. The fraction of sp³-hybridized carbons (Fsp3) is 0.286. The number of benzene rings is 2. The van der Waals surface area contributed by atoms with Crippen LogP contribution in [0.2, 0.25) is 0 Å². The third-order valence-corrected chi connectivity index (χ3v) is 3.54. The number of carbonyl (C=O) groups is 1. The predicted molar refractivity (Wildman–Crippen MR) is 103 cm³/mol. The lowest BCUT2D eigenvalue weighted by molar-refractivity contribution is -0.116. The molecule has 0 aliphatic heterocycles. The van der Waals surface area contributed by atoms with Crippen molar-refractivity contribution in [2.75, 3.05) is 26.9 Å². The van der Waals surface area contributed by atoms with Crippen molar-refractivity contribution >= 4 is 12.0 Å². The number of hydrogen-bond donors (Lipinski definition) is 1. The Morgan fingerprint density at radius 3 is 2.70 bits per heavy atom. The molecule has 6 heteroatoms. The molecule has 0 heterocycles. The second-order valence-corrected chi connectivity index (χ2v) is 5.69. The summed E-state index contributed by atoms with van der Waals surface area (Å²) < 4.78 is 29.3. The zero-order chi connectivity index (χ0) is 19.5. The zero-order valence-corrected chi connectivity index (χ0v) is 15.5. The molecule has 0 spiro atoms. The van der Waals surface area contributed by atoms with Crippen molar-refractivity contribution in [1.29, 1.82) is 0 Å². The van der Waals surface area contributed by atoms with Crippen LogP contribution in [-0.4, -0.2) is 32.8 Å². The highest BCUT2D eigenvalue weighted by atomic mass is 19.1. The lowest BCUT2D eigenvalue weighted by Crippen LogP contribution is -2.26. The summed E-state index contributed by atoms with van der Waals surface area (Å²) in [6.45, 7) is 3.21. The van der Waals surface area contributed by atoms with Gasteiger partial charge in [0.2, 0.25) is 5.91 Å². The Bertz CT molecular complexity index is 777. The van der Waals surface area contributed by atoms with Gasteiger partial charge in [0.1, 0.15) is 18.2 Å². The molecule has 1 amide bonds. The fourth-order valence-electron chi connectivity index (χ4n) is 2.25. The van der Waals surface area contributed by atoms with Gasteiger partial charge in [0.25, 0.3) is 0 Å². The molecule has 1 N–H and O–H groups in total. The van der Waals surface area contributed by atoms with E-state index < -0.39 is 0 Å². The van der Waals surface area contributed by atoms with E-state index in [2.05, 4.69) is 5.32 Å². The van der Waals surface area contributed by atoms with Gasteiger partial charge in [-0.05, 0) is 42.3 Å². The molecule has 0 radical (unpaired) electrons. The standard InChI is InChI=1S/C21H24FNO4/c1-3-12-27-19-9-7-16(14-20(19)25-2)8-10-21(24)23-11-13-26-18-6-4-5-17(22)15-18/h4-10,14-15H,3,11-13H2,1-2H3,(H,23,24)/b10-8+. The van der Waals surface area contributed by atoms with Gasteiger partial charge in [-0.3, -0.25) is 4.79 Å². The molecule has 2 rings (SSSR count). The summed E-state index contributed by atoms with van der Waals surface area (Å²) in [7, 11) is 1.58. The molecule has 0 fully saturated rings. The average molecular weight is 373 g/mol. The van der Waals surface area contributed by atoms with E-state index in [-0.39, 0.29) is 18.3 Å². The Morgan fingerprint density at radius 1 is 1.11 bits per heavy atom. The number of hydrogen-bond acceptors (Lipinski definition) is 4. The number of rotatable bonds is 10. The van der Waals surface area contributed by atoms with Gasteiger partial charge in [-0.15, -0.1) is 0 Å². The van der Waals surface area contributed by atoms with Gasteiger partial charge in [0.05, 0.1) is 20.3 Å². The molecule has 0 unspecified atom stereocenters. The van der Waals surface area contributed by atoms with Crippen LogP contribution in [0.25, 0.3) is 6.08 Å². The Hall–Kier alpha value is -3.02. The molecule has 0 saturated heterocycles. The Labute approximate surface area is 158 Å². The van der Waals surface area contributed by atoms with Crippen molar-refractivity contribution in [2.45, 2.75) is 13.3 Å². The van der Waals surface area contributed by atoms with Gasteiger partial charge >= 0.3 is 0 Å². The number of ether oxygens (including phenoxy) is 3. The van der Waals surface area contributed by atoms with Crippen LogP contribution in [0.3, 0.4) is 0 Å². The largest absolute Gasteiger partial charge is 0.493 e. The second kappa shape index (κ2) is 10.9. The Morgan fingerprint density at radius 2 is 1.96 bits per heavy atom. The van der Waals surface area contributed by atoms with Gasteiger partial charge in [0.15, 0.2) is 11.5 Å². The fourth-order valence-corrected chi connectivity index (χ4v) is 2.25. The van der Waals surface area contributed by atoms with Gasteiger partial charge in [-0.1, -0.05) is 19.1 Å². The molecular weight excluding hydrogens is 349 g/mol. The molecule has 0 bridgehead atoms. The van der Waals surface area contributed by atoms with Crippen molar-refractivity contribution in [3.05, 3.63) is 59.9 Å². The first kappa shape index (κ1) is 20.3. The predicted octanol–water partition coefficient (Wildman–Crippen LogP) is 3.83. The number of halogens is 1. The third-order valence-electron chi connectivity index (χ3n) is 3.54. The van der Waals surface area contributed by atoms with Crippen LogP contribution in [0.1, 0.15) is 18.9 Å². The highest BCUT2D eigenvalue weighted by Crippen LogP contribution is 2.28. The summed E-state index contributed by atoms with van der Waals surface area (Å²) in [6.07, 6.45) is 4.03. The second-order valence-electron chi connectivity index (χ2n) is 5.69. The summed E-state index contributed by atoms with van der Waals surface area (Å²) >= 11 is 0. The van der Waals surface area contributed by atoms with Gasteiger partial charge < -0.3 is 19.5 Å². The van der Waals surface area contributed by atoms with E-state index in [1.807, 2.05) is 25.1 Å². The third kappa shape index (κ3) is 7.01. The summed E-state index contributed by atoms with van der Waals surface area (Å²) in [5.41, 5.74) is 0.821. The van der Waals surface area contributed by atoms with Gasteiger partial charge in [0, 0.05) is 12.1 Å². The van der Waals surface area contributed by atoms with Crippen molar-refractivity contribution in [3.63, 3.8) is 0 Å². The maximum absolute atomic E-state index is 13.0. The summed E-state index contributed by atoms with van der Waals surface area (Å²) in [5, 5.41) is 2.71. The van der Waals surface area contributed by atoms with Crippen molar-refractivity contribution in [2.24, 2.45) is 0 Å². The minimum absolute atomic E-state index is 0.247. The molecule has 0 saturated carbocycles. The molecule has 5 nitrogen and oxygen atoms in total. The molecule has 2 aromatic rings. The molecule has 27 heavy (non-hydrogen) atoms. The van der Waals surface area contributed by atoms with E-state index in [4.69, 9.17) is 14.2 Å². The molecule has 0 atom stereocenters. The maximum atomic E-state index is 13.0. The number of methoxy groups -OCH3 is 1. The van der Waals surface area contributed by atoms with Crippen LogP contribution < -0.4 is 19.5 Å². The first-order valence-electron chi connectivity index (χ1n) is 8.77. The van der Waals surface area contributed by atoms with Crippen molar-refractivity contribution < 1.29 is 23.4 Å². The van der Waals surface area contributed by atoms with E-state index in [0.717, 1.165) is 12.0 Å². The van der Waals surface area contributed by atoms with E-state index in [1.54, 1.807) is 25.3 Å². The van der Waals surface area contributed by atoms with Crippen molar-refractivity contribution in [1.82, 2.24) is 5.32 Å². The first-order valence-corrected chi connectivity index (χ1v) is 8.77. The van der Waals surface area contributed by atoms with Crippen LogP contribution >= 0.6 is 0 Å². The van der Waals surface area contributed by atoms with Crippen LogP contribution in [0.4, 0.5) is 4.39 Å². The lowest BCUT2D eigenvalue weighted by Gasteiger charge is -2.10. The summed E-state index contributed by atoms with van der Waals surface area (Å²) in [6, 6.07) is 11.3.